The normalized spacial score (nSPS) is 7.00. The van der Waals surface area contributed by atoms with E-state index in [1.807, 2.05) is 0 Å². The van der Waals surface area contributed by atoms with Crippen molar-refractivity contribution in [2.45, 2.75) is 19.8 Å². The molecule has 6 heavy (non-hydrogen) atoms. The van der Waals surface area contributed by atoms with Crippen LogP contribution in [0.5, 0.6) is 0 Å². The molecule has 0 aromatic heterocycles. The fourth-order valence-corrected chi connectivity index (χ4v) is 0.401. The van der Waals surface area contributed by atoms with Crippen molar-refractivity contribution in [3.63, 3.8) is 0 Å². The molecule has 0 aliphatic heterocycles. The summed E-state index contributed by atoms with van der Waals surface area (Å²) in [6, 6.07) is 0. The molecule has 0 atom stereocenters. The van der Waals surface area contributed by atoms with Gasteiger partial charge in [-0.15, -0.1) is 11.6 Å². The van der Waals surface area contributed by atoms with E-state index in [0.717, 1.165) is 12.3 Å². The molecule has 0 N–H and O–H groups in total. The minimum absolute atomic E-state index is 0. The SMILES string of the molecule is CCCCCl.[H-].[H-].[Mg+2]. The quantitative estimate of drug-likeness (QED) is 0.384. The van der Waals surface area contributed by atoms with Gasteiger partial charge < -0.3 is 2.85 Å². The van der Waals surface area contributed by atoms with E-state index in [9.17, 15) is 0 Å². The maximum absolute atomic E-state index is 5.30. The Hall–Kier alpha value is 1.06. The van der Waals surface area contributed by atoms with Gasteiger partial charge in [-0.25, -0.2) is 0 Å². The molecule has 0 rings (SSSR count). The Balaban J connectivity index is -0.0000000267. The molecule has 36 valence electrons. The molecule has 0 bridgehead atoms. The second-order valence-electron chi connectivity index (χ2n) is 1.04. The molecule has 0 aromatic carbocycles. The summed E-state index contributed by atoms with van der Waals surface area (Å²) in [6.07, 6.45) is 2.37. The third-order valence-electron chi connectivity index (χ3n) is 0.487. The van der Waals surface area contributed by atoms with Gasteiger partial charge in [0.15, 0.2) is 0 Å². The number of halogens is 1. The summed E-state index contributed by atoms with van der Waals surface area (Å²) in [5.74, 6) is 0.816. The molecular formula is C4H11ClMg. The van der Waals surface area contributed by atoms with Gasteiger partial charge in [0, 0.05) is 5.88 Å². The zero-order chi connectivity index (χ0) is 4.12. The predicted octanol–water partition coefficient (Wildman–Crippen LogP) is 1.87. The number of unbranched alkanes of at least 4 members (excludes halogenated alkanes) is 1. The van der Waals surface area contributed by atoms with Crippen molar-refractivity contribution in [3.8, 4) is 0 Å². The summed E-state index contributed by atoms with van der Waals surface area (Å²) in [7, 11) is 0. The molecule has 0 amide bonds. The van der Waals surface area contributed by atoms with Crippen molar-refractivity contribution in [1.82, 2.24) is 0 Å². The third kappa shape index (κ3) is 8.91. The maximum Gasteiger partial charge on any atom is 2.00 e. The zero-order valence-corrected chi connectivity index (χ0v) is 6.38. The second-order valence-corrected chi connectivity index (χ2v) is 1.42. The van der Waals surface area contributed by atoms with E-state index in [2.05, 4.69) is 6.92 Å². The Morgan fingerprint density at radius 3 is 2.17 bits per heavy atom. The molecule has 0 radical (unpaired) electrons. The van der Waals surface area contributed by atoms with Crippen molar-refractivity contribution in [1.29, 1.82) is 0 Å². The summed E-state index contributed by atoms with van der Waals surface area (Å²) in [5.41, 5.74) is 0. The monoisotopic (exact) mass is 118 g/mol. The maximum atomic E-state index is 5.30. The summed E-state index contributed by atoms with van der Waals surface area (Å²) in [5, 5.41) is 0. The van der Waals surface area contributed by atoms with Crippen LogP contribution in [-0.2, 0) is 0 Å². The van der Waals surface area contributed by atoms with Gasteiger partial charge in [0.2, 0.25) is 0 Å². The Morgan fingerprint density at radius 1 is 1.67 bits per heavy atom. The van der Waals surface area contributed by atoms with Crippen LogP contribution in [-0.4, -0.2) is 28.9 Å². The first-order chi connectivity index (χ1) is 2.41. The second kappa shape index (κ2) is 9.41. The van der Waals surface area contributed by atoms with Crippen LogP contribution in [0.4, 0.5) is 0 Å². The van der Waals surface area contributed by atoms with Crippen LogP contribution in [0.25, 0.3) is 0 Å². The Bertz CT molecular complexity index is 21.5. The molecular weight excluding hydrogens is 108 g/mol. The number of rotatable bonds is 2. The molecule has 0 aromatic rings. The molecule has 0 heterocycles. The molecule has 2 heteroatoms. The smallest absolute Gasteiger partial charge is 1.00 e. The van der Waals surface area contributed by atoms with Crippen LogP contribution in [0.2, 0.25) is 0 Å². The summed E-state index contributed by atoms with van der Waals surface area (Å²) in [4.78, 5) is 0. The fourth-order valence-electron chi connectivity index (χ4n) is 0.134. The molecule has 0 aliphatic rings. The number of alkyl halides is 1. The first-order valence-electron chi connectivity index (χ1n) is 1.97. The largest absolute Gasteiger partial charge is 2.00 e. The van der Waals surface area contributed by atoms with Gasteiger partial charge in [-0.05, 0) is 6.42 Å². The summed E-state index contributed by atoms with van der Waals surface area (Å²) in [6.45, 7) is 2.13. The average molecular weight is 119 g/mol. The van der Waals surface area contributed by atoms with Crippen LogP contribution < -0.4 is 0 Å². The Morgan fingerprint density at radius 2 is 2.17 bits per heavy atom. The van der Waals surface area contributed by atoms with Gasteiger partial charge >= 0.3 is 23.1 Å². The van der Waals surface area contributed by atoms with Gasteiger partial charge in [0.1, 0.15) is 0 Å². The molecule has 0 saturated carbocycles. The van der Waals surface area contributed by atoms with Gasteiger partial charge in [-0.2, -0.15) is 0 Å². The number of hydrogen-bond acceptors (Lipinski definition) is 0. The van der Waals surface area contributed by atoms with E-state index < -0.39 is 0 Å². The molecule has 0 aliphatic carbocycles. The van der Waals surface area contributed by atoms with Gasteiger partial charge in [-0.3, -0.25) is 0 Å². The topological polar surface area (TPSA) is 0 Å². The van der Waals surface area contributed by atoms with Crippen molar-refractivity contribution < 1.29 is 2.85 Å². The standard InChI is InChI=1S/C4H9Cl.Mg.2H/c1-2-3-4-5;;;/h2-4H2,1H3;;;/q;+2;2*-1. The first kappa shape index (κ1) is 10.1. The van der Waals surface area contributed by atoms with Gasteiger partial charge in [0.25, 0.3) is 0 Å². The van der Waals surface area contributed by atoms with Crippen molar-refractivity contribution in [2.75, 3.05) is 5.88 Å². The number of hydrogen-bond donors (Lipinski definition) is 0. The van der Waals surface area contributed by atoms with E-state index in [4.69, 9.17) is 11.6 Å². The fraction of sp³-hybridized carbons (Fsp3) is 1.00. The van der Waals surface area contributed by atoms with Crippen LogP contribution in [0.3, 0.4) is 0 Å². The average Bonchev–Trinajstić information content (AvgIpc) is 1.41. The Kier molecular flexibility index (Phi) is 15.9. The summed E-state index contributed by atoms with van der Waals surface area (Å²) < 4.78 is 0. The van der Waals surface area contributed by atoms with Crippen molar-refractivity contribution in [3.05, 3.63) is 0 Å². The van der Waals surface area contributed by atoms with Crippen molar-refractivity contribution in [2.24, 2.45) is 0 Å². The molecule has 0 fully saturated rings. The molecule has 0 saturated heterocycles. The molecule has 0 unspecified atom stereocenters. The third-order valence-corrected chi connectivity index (χ3v) is 0.754. The first-order valence-corrected chi connectivity index (χ1v) is 2.51. The van der Waals surface area contributed by atoms with E-state index in [0.29, 0.717) is 0 Å². The van der Waals surface area contributed by atoms with Crippen LogP contribution in [0.15, 0.2) is 0 Å². The predicted molar refractivity (Wildman–Crippen MR) is 33.6 cm³/mol. The minimum Gasteiger partial charge on any atom is -1.00 e. The Labute approximate surface area is 63.4 Å². The van der Waals surface area contributed by atoms with Crippen molar-refractivity contribution >= 4 is 34.7 Å². The zero-order valence-electron chi connectivity index (χ0n) is 6.21. The van der Waals surface area contributed by atoms with Gasteiger partial charge in [0.05, 0.1) is 0 Å². The summed E-state index contributed by atoms with van der Waals surface area (Å²) >= 11 is 5.30. The van der Waals surface area contributed by atoms with E-state index in [1.54, 1.807) is 0 Å². The van der Waals surface area contributed by atoms with E-state index >= 15 is 0 Å². The van der Waals surface area contributed by atoms with Crippen LogP contribution >= 0.6 is 11.6 Å². The van der Waals surface area contributed by atoms with E-state index in [1.165, 1.54) is 6.42 Å². The minimum atomic E-state index is 0. The van der Waals surface area contributed by atoms with Crippen LogP contribution in [0, 0.1) is 0 Å². The molecule has 0 spiro atoms. The van der Waals surface area contributed by atoms with Gasteiger partial charge in [-0.1, -0.05) is 13.3 Å². The van der Waals surface area contributed by atoms with Crippen LogP contribution in [0.1, 0.15) is 22.6 Å². The molecule has 0 nitrogen and oxygen atoms in total. The van der Waals surface area contributed by atoms with E-state index in [-0.39, 0.29) is 25.9 Å².